The first-order chi connectivity index (χ1) is 20.2. The van der Waals surface area contributed by atoms with Crippen LogP contribution in [0.25, 0.3) is 11.8 Å². The second-order valence-corrected chi connectivity index (χ2v) is 12.8. The van der Waals surface area contributed by atoms with Gasteiger partial charge < -0.3 is 14.2 Å². The van der Waals surface area contributed by atoms with Gasteiger partial charge in [-0.15, -0.1) is 0 Å². The molecule has 216 valence electrons. The lowest BCUT2D eigenvalue weighted by molar-refractivity contribution is -0.138. The number of hydrogen-bond acceptors (Lipinski definition) is 7. The maximum atomic E-state index is 14.2. The molecule has 0 saturated carbocycles. The van der Waals surface area contributed by atoms with E-state index in [0.717, 1.165) is 24.7 Å². The van der Waals surface area contributed by atoms with Crippen LogP contribution in [0.2, 0.25) is 0 Å². The Balaban J connectivity index is 1.82. The van der Waals surface area contributed by atoms with E-state index in [2.05, 4.69) is 38.5 Å². The van der Waals surface area contributed by atoms with Gasteiger partial charge >= 0.3 is 5.97 Å². The van der Waals surface area contributed by atoms with Crippen molar-refractivity contribution in [3.05, 3.63) is 117 Å². The van der Waals surface area contributed by atoms with Gasteiger partial charge in [0.25, 0.3) is 5.56 Å². The summed E-state index contributed by atoms with van der Waals surface area (Å²) in [6.07, 6.45) is 1.78. The SMILES string of the molecule is CCOC(=O)C1=C(c2ccccc2)N=c2s/c(=C\c3cc(Br)cc(I)c3OC(C)C)c(=O)n2[C@H]1c1ccc(OC)cc1. The van der Waals surface area contributed by atoms with Crippen LogP contribution in [-0.2, 0) is 9.53 Å². The molecule has 0 unspecified atom stereocenters. The first-order valence-electron chi connectivity index (χ1n) is 13.3. The number of fused-ring (bicyclic) bond motifs is 1. The fourth-order valence-electron chi connectivity index (χ4n) is 4.73. The highest BCUT2D eigenvalue weighted by molar-refractivity contribution is 14.1. The van der Waals surface area contributed by atoms with Gasteiger partial charge in [-0.2, -0.15) is 0 Å². The Kier molecular flexibility index (Phi) is 9.34. The van der Waals surface area contributed by atoms with Crippen LogP contribution >= 0.6 is 49.9 Å². The van der Waals surface area contributed by atoms with Gasteiger partial charge in [0, 0.05) is 15.6 Å². The van der Waals surface area contributed by atoms with Gasteiger partial charge in [0.1, 0.15) is 11.5 Å². The van der Waals surface area contributed by atoms with Gasteiger partial charge in [0.05, 0.1) is 45.2 Å². The number of ether oxygens (including phenoxy) is 3. The Morgan fingerprint density at radius 1 is 1.14 bits per heavy atom. The Hall–Kier alpha value is -3.22. The third-order valence-corrected chi connectivity index (χ3v) is 8.72. The van der Waals surface area contributed by atoms with Gasteiger partial charge in [0.2, 0.25) is 0 Å². The molecule has 0 amide bonds. The van der Waals surface area contributed by atoms with E-state index >= 15 is 0 Å². The van der Waals surface area contributed by atoms with Crippen LogP contribution in [0.3, 0.4) is 0 Å². The molecule has 0 saturated heterocycles. The Bertz CT molecular complexity index is 1850. The highest BCUT2D eigenvalue weighted by Gasteiger charge is 2.35. The summed E-state index contributed by atoms with van der Waals surface area (Å²) in [4.78, 5) is 33.2. The average Bonchev–Trinajstić information content (AvgIpc) is 3.28. The highest BCUT2D eigenvalue weighted by atomic mass is 127. The smallest absolute Gasteiger partial charge is 0.338 e. The zero-order chi connectivity index (χ0) is 30.0. The lowest BCUT2D eigenvalue weighted by atomic mass is 9.93. The maximum absolute atomic E-state index is 14.2. The molecule has 7 nitrogen and oxygen atoms in total. The first kappa shape index (κ1) is 30.2. The second-order valence-electron chi connectivity index (χ2n) is 9.68. The van der Waals surface area contributed by atoms with Gasteiger partial charge in [-0.1, -0.05) is 69.7 Å². The fourth-order valence-corrected chi connectivity index (χ4v) is 7.40. The molecule has 0 bridgehead atoms. The van der Waals surface area contributed by atoms with Gasteiger partial charge in [-0.05, 0) is 79.3 Å². The molecule has 1 atom stereocenters. The van der Waals surface area contributed by atoms with Crippen molar-refractivity contribution in [3.8, 4) is 11.5 Å². The van der Waals surface area contributed by atoms with Crippen molar-refractivity contribution in [2.24, 2.45) is 4.99 Å². The van der Waals surface area contributed by atoms with Crippen LogP contribution in [0, 0.1) is 3.57 Å². The Labute approximate surface area is 269 Å². The number of carbonyl (C=O) groups is 1. The number of aromatic nitrogens is 1. The summed E-state index contributed by atoms with van der Waals surface area (Å²) in [7, 11) is 1.59. The molecule has 2 heterocycles. The number of thiazole rings is 1. The highest BCUT2D eigenvalue weighted by Crippen LogP contribution is 2.36. The van der Waals surface area contributed by atoms with E-state index in [1.165, 1.54) is 11.3 Å². The zero-order valence-electron chi connectivity index (χ0n) is 23.4. The van der Waals surface area contributed by atoms with Crippen LogP contribution in [0.15, 0.2) is 86.6 Å². The largest absolute Gasteiger partial charge is 0.497 e. The van der Waals surface area contributed by atoms with E-state index < -0.39 is 12.0 Å². The van der Waals surface area contributed by atoms with E-state index in [1.807, 2.05) is 86.7 Å². The number of halogens is 2. The molecule has 10 heteroatoms. The predicted molar refractivity (Wildman–Crippen MR) is 177 cm³/mol. The van der Waals surface area contributed by atoms with Crippen molar-refractivity contribution >= 4 is 67.6 Å². The molecule has 0 N–H and O–H groups in total. The van der Waals surface area contributed by atoms with Crippen LogP contribution in [0.4, 0.5) is 0 Å². The molecule has 3 aromatic carbocycles. The predicted octanol–water partition coefficient (Wildman–Crippen LogP) is 6.10. The van der Waals surface area contributed by atoms with Crippen molar-refractivity contribution < 1.29 is 19.0 Å². The summed E-state index contributed by atoms with van der Waals surface area (Å²) in [5.41, 5.74) is 2.76. The number of rotatable bonds is 8. The molecule has 42 heavy (non-hydrogen) atoms. The quantitative estimate of drug-likeness (QED) is 0.161. The number of carbonyl (C=O) groups excluding carboxylic acids is 1. The monoisotopic (exact) mass is 758 g/mol. The minimum absolute atomic E-state index is 0.0521. The van der Waals surface area contributed by atoms with Crippen LogP contribution < -0.4 is 24.4 Å². The standard InChI is InChI=1S/C32H28BrIN2O5S/c1-5-40-31(38)26-27(19-9-7-6-8-10-19)35-32-36(28(26)20-11-13-23(39-4)14-12-20)30(37)25(42-32)16-21-15-22(33)17-24(34)29(21)41-18(2)3/h6-18,28H,5H2,1-4H3/b25-16-/t28-/m0/s1. The van der Waals surface area contributed by atoms with Gasteiger partial charge in [-0.3, -0.25) is 9.36 Å². The Morgan fingerprint density at radius 3 is 2.50 bits per heavy atom. The third kappa shape index (κ3) is 6.11. The average molecular weight is 759 g/mol. The van der Waals surface area contributed by atoms with Crippen molar-refractivity contribution in [2.45, 2.75) is 32.9 Å². The lowest BCUT2D eigenvalue weighted by Crippen LogP contribution is -2.40. The molecule has 1 aliphatic heterocycles. The van der Waals surface area contributed by atoms with Gasteiger partial charge in [0.15, 0.2) is 4.80 Å². The molecule has 0 fully saturated rings. The maximum Gasteiger partial charge on any atom is 0.338 e. The minimum atomic E-state index is -0.766. The summed E-state index contributed by atoms with van der Waals surface area (Å²) in [6, 6.07) is 20.0. The van der Waals surface area contributed by atoms with E-state index in [-0.39, 0.29) is 18.3 Å². The van der Waals surface area contributed by atoms with Crippen molar-refractivity contribution in [1.82, 2.24) is 4.57 Å². The van der Waals surface area contributed by atoms with E-state index in [9.17, 15) is 9.59 Å². The molecule has 0 aliphatic carbocycles. The molecule has 1 aromatic heterocycles. The molecule has 1 aliphatic rings. The van der Waals surface area contributed by atoms with Crippen LogP contribution in [0.1, 0.15) is 43.5 Å². The van der Waals surface area contributed by atoms with Crippen LogP contribution in [-0.4, -0.2) is 30.4 Å². The normalized spacial score (nSPS) is 14.9. The van der Waals surface area contributed by atoms with Crippen molar-refractivity contribution in [2.75, 3.05) is 13.7 Å². The van der Waals surface area contributed by atoms with E-state index in [0.29, 0.717) is 32.1 Å². The van der Waals surface area contributed by atoms with Crippen molar-refractivity contribution in [3.63, 3.8) is 0 Å². The van der Waals surface area contributed by atoms with Crippen molar-refractivity contribution in [1.29, 1.82) is 0 Å². The lowest BCUT2D eigenvalue weighted by Gasteiger charge is -2.26. The van der Waals surface area contributed by atoms with E-state index in [4.69, 9.17) is 19.2 Å². The molecular weight excluding hydrogens is 731 g/mol. The minimum Gasteiger partial charge on any atom is -0.497 e. The Morgan fingerprint density at radius 2 is 1.86 bits per heavy atom. The number of hydrogen-bond donors (Lipinski definition) is 0. The number of esters is 1. The molecule has 4 aromatic rings. The molecular formula is C32H28BrIN2O5S. The number of methoxy groups -OCH3 is 1. The number of nitrogens with zero attached hydrogens (tertiary/aromatic N) is 2. The van der Waals surface area contributed by atoms with E-state index in [1.54, 1.807) is 18.6 Å². The molecule has 0 spiro atoms. The van der Waals surface area contributed by atoms with Gasteiger partial charge in [-0.25, -0.2) is 9.79 Å². The summed E-state index contributed by atoms with van der Waals surface area (Å²) >= 11 is 7.09. The summed E-state index contributed by atoms with van der Waals surface area (Å²) < 4.78 is 20.9. The first-order valence-corrected chi connectivity index (χ1v) is 16.0. The molecule has 5 rings (SSSR count). The molecule has 0 radical (unpaired) electrons. The topological polar surface area (TPSA) is 79.1 Å². The summed E-state index contributed by atoms with van der Waals surface area (Å²) in [6.45, 7) is 5.87. The summed E-state index contributed by atoms with van der Waals surface area (Å²) in [5, 5.41) is 0. The van der Waals surface area contributed by atoms with Crippen LogP contribution in [0.5, 0.6) is 11.5 Å². The number of benzene rings is 3. The summed E-state index contributed by atoms with van der Waals surface area (Å²) in [5.74, 6) is 0.839. The third-order valence-electron chi connectivity index (χ3n) is 6.48. The fraction of sp³-hybridized carbons (Fsp3) is 0.219. The zero-order valence-corrected chi connectivity index (χ0v) is 27.9. The second kappa shape index (κ2) is 13.0.